The van der Waals surface area contributed by atoms with Crippen LogP contribution >= 0.6 is 0 Å². The van der Waals surface area contributed by atoms with E-state index in [0.717, 1.165) is 16.7 Å². The fourth-order valence-corrected chi connectivity index (χ4v) is 2.68. The molecule has 4 rings (SSSR count). The molecule has 0 saturated heterocycles. The number of carbonyl (C=O) groups is 1. The largest absolute Gasteiger partial charge is 0.618 e. The van der Waals surface area contributed by atoms with Crippen molar-refractivity contribution in [1.82, 2.24) is 9.55 Å². The van der Waals surface area contributed by atoms with Gasteiger partial charge in [-0.1, -0.05) is 18.2 Å². The zero-order chi connectivity index (χ0) is 17.2. The number of benzene rings is 2. The Kier molecular flexibility index (Phi) is 3.63. The Morgan fingerprint density at radius 2 is 1.84 bits per heavy atom. The molecule has 0 unspecified atom stereocenters. The zero-order valence-electron chi connectivity index (χ0n) is 13.2. The van der Waals surface area contributed by atoms with E-state index in [1.807, 2.05) is 41.0 Å². The molecule has 6 heteroatoms. The van der Waals surface area contributed by atoms with Gasteiger partial charge >= 0.3 is 5.91 Å². The van der Waals surface area contributed by atoms with Crippen molar-refractivity contribution in [3.05, 3.63) is 90.2 Å². The molecule has 2 heterocycles. The first-order valence-corrected chi connectivity index (χ1v) is 7.74. The number of hydrogen-bond donors (Lipinski definition) is 1. The van der Waals surface area contributed by atoms with E-state index in [9.17, 15) is 10.0 Å². The fraction of sp³-hybridized carbons (Fsp3) is 0. The molecule has 0 atom stereocenters. The first kappa shape index (κ1) is 14.9. The molecule has 0 radical (unpaired) electrons. The number of fused-ring (bicyclic) bond motifs is 1. The maximum Gasteiger partial charge on any atom is 0.321 e. The van der Waals surface area contributed by atoms with Gasteiger partial charge in [-0.25, -0.2) is 4.98 Å². The van der Waals surface area contributed by atoms with E-state index in [4.69, 9.17) is 0 Å². The number of carbonyl (C=O) groups excluding carboxylic acids is 1. The third kappa shape index (κ3) is 2.81. The van der Waals surface area contributed by atoms with E-state index < -0.39 is 5.91 Å². The van der Waals surface area contributed by atoms with Crippen LogP contribution in [0.3, 0.4) is 0 Å². The summed E-state index contributed by atoms with van der Waals surface area (Å²) in [6, 6.07) is 20.1. The van der Waals surface area contributed by atoms with E-state index in [1.165, 1.54) is 12.3 Å². The summed E-state index contributed by atoms with van der Waals surface area (Å²) in [5.41, 5.74) is 3.32. The van der Waals surface area contributed by atoms with Crippen LogP contribution in [0.2, 0.25) is 0 Å². The van der Waals surface area contributed by atoms with Gasteiger partial charge in [-0.3, -0.25) is 9.36 Å². The van der Waals surface area contributed by atoms with Gasteiger partial charge in [0.2, 0.25) is 0 Å². The average Bonchev–Trinajstić information content (AvgIpc) is 3.06. The highest BCUT2D eigenvalue weighted by atomic mass is 16.5. The van der Waals surface area contributed by atoms with E-state index in [2.05, 4.69) is 10.3 Å². The summed E-state index contributed by atoms with van der Waals surface area (Å²) < 4.78 is 2.52. The van der Waals surface area contributed by atoms with Crippen LogP contribution in [0.4, 0.5) is 5.69 Å². The molecule has 2 aromatic carbocycles. The lowest BCUT2D eigenvalue weighted by Gasteiger charge is -2.07. The molecule has 25 heavy (non-hydrogen) atoms. The van der Waals surface area contributed by atoms with Gasteiger partial charge in [0.15, 0.2) is 6.20 Å². The number of pyridine rings is 1. The lowest BCUT2D eigenvalue weighted by atomic mass is 10.2. The molecule has 0 saturated carbocycles. The van der Waals surface area contributed by atoms with E-state index in [-0.39, 0.29) is 5.69 Å². The Balaban J connectivity index is 1.65. The maximum absolute atomic E-state index is 12.2. The van der Waals surface area contributed by atoms with Crippen molar-refractivity contribution in [1.29, 1.82) is 0 Å². The molecule has 0 aliphatic carbocycles. The van der Waals surface area contributed by atoms with Crippen LogP contribution in [-0.2, 0) is 0 Å². The summed E-state index contributed by atoms with van der Waals surface area (Å²) in [7, 11) is 0. The number of para-hydroxylation sites is 1. The lowest BCUT2D eigenvalue weighted by molar-refractivity contribution is -0.607. The Hall–Kier alpha value is -3.67. The number of aromatic nitrogens is 3. The summed E-state index contributed by atoms with van der Waals surface area (Å²) in [5.74, 6) is -0.461. The molecule has 122 valence electrons. The van der Waals surface area contributed by atoms with Crippen LogP contribution < -0.4 is 10.0 Å². The number of nitrogens with zero attached hydrogens (tertiary/aromatic N) is 3. The van der Waals surface area contributed by atoms with Crippen LogP contribution in [0, 0.1) is 5.21 Å². The highest BCUT2D eigenvalue weighted by molar-refractivity contribution is 6.02. The summed E-state index contributed by atoms with van der Waals surface area (Å²) >= 11 is 0. The van der Waals surface area contributed by atoms with Crippen LogP contribution in [0.15, 0.2) is 79.3 Å². The van der Waals surface area contributed by atoms with Gasteiger partial charge in [-0.2, -0.15) is 4.73 Å². The second-order valence-corrected chi connectivity index (χ2v) is 5.52. The van der Waals surface area contributed by atoms with Gasteiger partial charge < -0.3 is 10.5 Å². The van der Waals surface area contributed by atoms with Crippen LogP contribution in [0.1, 0.15) is 10.5 Å². The Morgan fingerprint density at radius 1 is 1.04 bits per heavy atom. The molecule has 1 N–H and O–H groups in total. The normalized spacial score (nSPS) is 10.7. The van der Waals surface area contributed by atoms with E-state index >= 15 is 0 Å². The third-order valence-electron chi connectivity index (χ3n) is 3.90. The molecular formula is C19H14N4O2. The highest BCUT2D eigenvalue weighted by Gasteiger charge is 2.15. The van der Waals surface area contributed by atoms with Crippen molar-refractivity contribution in [2.24, 2.45) is 0 Å². The number of imidazole rings is 1. The summed E-state index contributed by atoms with van der Waals surface area (Å²) in [5, 5.41) is 14.4. The third-order valence-corrected chi connectivity index (χ3v) is 3.90. The number of nitrogens with one attached hydrogen (secondary N) is 1. The predicted octanol–water partition coefficient (Wildman–Crippen LogP) is 2.91. The zero-order valence-corrected chi connectivity index (χ0v) is 13.2. The number of rotatable bonds is 3. The molecule has 4 aromatic rings. The minimum atomic E-state index is -0.461. The second-order valence-electron chi connectivity index (χ2n) is 5.52. The molecule has 0 bridgehead atoms. The quantitative estimate of drug-likeness (QED) is 0.464. The first-order valence-electron chi connectivity index (χ1n) is 7.74. The number of anilines is 1. The van der Waals surface area contributed by atoms with Gasteiger partial charge in [0.05, 0.1) is 11.0 Å². The predicted molar refractivity (Wildman–Crippen MR) is 94.4 cm³/mol. The topological polar surface area (TPSA) is 73.9 Å². The van der Waals surface area contributed by atoms with E-state index in [0.29, 0.717) is 10.4 Å². The van der Waals surface area contributed by atoms with Gasteiger partial charge in [-0.15, -0.1) is 0 Å². The number of hydrogen-bond acceptors (Lipinski definition) is 3. The molecule has 0 fully saturated rings. The summed E-state index contributed by atoms with van der Waals surface area (Å²) in [6.45, 7) is 0. The molecule has 1 amide bonds. The lowest BCUT2D eigenvalue weighted by Crippen LogP contribution is -2.36. The molecule has 0 aliphatic rings. The Morgan fingerprint density at radius 3 is 2.64 bits per heavy atom. The average molecular weight is 330 g/mol. The van der Waals surface area contributed by atoms with Crippen molar-refractivity contribution in [3.8, 4) is 5.69 Å². The molecule has 2 aromatic heterocycles. The van der Waals surface area contributed by atoms with Crippen molar-refractivity contribution in [3.63, 3.8) is 0 Å². The minimum absolute atomic E-state index is 0.0393. The van der Waals surface area contributed by atoms with Gasteiger partial charge in [-0.05, 0) is 36.4 Å². The van der Waals surface area contributed by atoms with Crippen molar-refractivity contribution < 1.29 is 9.52 Å². The smallest absolute Gasteiger partial charge is 0.321 e. The van der Waals surface area contributed by atoms with Gasteiger partial charge in [0, 0.05) is 23.5 Å². The highest BCUT2D eigenvalue weighted by Crippen LogP contribution is 2.21. The van der Waals surface area contributed by atoms with Crippen molar-refractivity contribution >= 4 is 22.6 Å². The molecule has 6 nitrogen and oxygen atoms in total. The summed E-state index contributed by atoms with van der Waals surface area (Å²) in [4.78, 5) is 16.6. The second kappa shape index (κ2) is 6.09. The van der Waals surface area contributed by atoms with Crippen LogP contribution in [0.5, 0.6) is 0 Å². The fourth-order valence-electron chi connectivity index (χ4n) is 2.68. The number of amides is 1. The Labute approximate surface area is 143 Å². The molecule has 0 aliphatic heterocycles. The van der Waals surface area contributed by atoms with Gasteiger partial charge in [0.25, 0.3) is 5.69 Å². The summed E-state index contributed by atoms with van der Waals surface area (Å²) in [6.07, 6.45) is 3.04. The van der Waals surface area contributed by atoms with E-state index in [1.54, 1.807) is 30.6 Å². The van der Waals surface area contributed by atoms with Crippen LogP contribution in [0.25, 0.3) is 16.7 Å². The first-order chi connectivity index (χ1) is 12.2. The van der Waals surface area contributed by atoms with Crippen molar-refractivity contribution in [2.45, 2.75) is 0 Å². The minimum Gasteiger partial charge on any atom is -0.618 e. The maximum atomic E-state index is 12.2. The molecular weight excluding hydrogens is 316 g/mol. The molecule has 0 spiro atoms. The monoisotopic (exact) mass is 330 g/mol. The van der Waals surface area contributed by atoms with Crippen molar-refractivity contribution in [2.75, 3.05) is 5.32 Å². The van der Waals surface area contributed by atoms with Gasteiger partial charge in [0.1, 0.15) is 6.33 Å². The van der Waals surface area contributed by atoms with Crippen LogP contribution in [-0.4, -0.2) is 15.5 Å². The Bertz CT molecular complexity index is 1060. The SMILES string of the molecule is O=C(Nc1ccc2c(c1)ncn2-c1ccccc1)c1cccc[n+]1[O-]. The standard InChI is InChI=1S/C19H14N4O2/c24-19(18-8-4-5-11-23(18)25)21-14-9-10-17-16(12-14)20-13-22(17)15-6-2-1-3-7-15/h1-13H,(H,21,24).